The molecule has 8 heteroatoms. The lowest BCUT2D eigenvalue weighted by Crippen LogP contribution is -2.47. The van der Waals surface area contributed by atoms with Crippen molar-refractivity contribution < 1.29 is 14.3 Å². The molecular weight excluding hydrogens is 388 g/mol. The van der Waals surface area contributed by atoms with E-state index in [0.29, 0.717) is 36.1 Å². The highest BCUT2D eigenvalue weighted by Crippen LogP contribution is 2.31. The number of anilines is 1. The average molecular weight is 419 g/mol. The van der Waals surface area contributed by atoms with Gasteiger partial charge in [-0.25, -0.2) is 9.59 Å². The molecule has 2 amide bonds. The van der Waals surface area contributed by atoms with Crippen LogP contribution in [0.4, 0.5) is 10.5 Å². The average Bonchev–Trinajstić information content (AvgIpc) is 2.68. The van der Waals surface area contributed by atoms with Gasteiger partial charge in [0, 0.05) is 24.5 Å². The van der Waals surface area contributed by atoms with Gasteiger partial charge in [-0.1, -0.05) is 25.5 Å². The Morgan fingerprint density at radius 1 is 1.21 bits per heavy atom. The van der Waals surface area contributed by atoms with E-state index in [4.69, 9.17) is 17.0 Å². The van der Waals surface area contributed by atoms with E-state index in [0.717, 1.165) is 24.1 Å². The smallest absolute Gasteiger partial charge is 0.338 e. The van der Waals surface area contributed by atoms with Gasteiger partial charge in [-0.2, -0.15) is 0 Å². The molecular formula is C21H30N4O3S. The first kappa shape index (κ1) is 22.7. The quantitative estimate of drug-likeness (QED) is 0.339. The van der Waals surface area contributed by atoms with Crippen molar-refractivity contribution in [3.8, 4) is 0 Å². The fourth-order valence-corrected chi connectivity index (χ4v) is 3.58. The molecule has 2 rings (SSSR count). The molecule has 0 radical (unpaired) electrons. The number of thiocarbonyl (C=S) groups is 1. The normalized spacial score (nSPS) is 16.3. The van der Waals surface area contributed by atoms with Crippen molar-refractivity contribution in [1.82, 2.24) is 15.5 Å². The van der Waals surface area contributed by atoms with Crippen LogP contribution in [0.2, 0.25) is 0 Å². The summed E-state index contributed by atoms with van der Waals surface area (Å²) in [5.74, 6) is -0.360. The molecule has 0 aliphatic carbocycles. The van der Waals surface area contributed by atoms with Crippen LogP contribution < -0.4 is 16.0 Å². The monoisotopic (exact) mass is 418 g/mol. The van der Waals surface area contributed by atoms with E-state index >= 15 is 0 Å². The number of esters is 1. The summed E-state index contributed by atoms with van der Waals surface area (Å²) >= 11 is 5.48. The van der Waals surface area contributed by atoms with Crippen molar-refractivity contribution in [2.75, 3.05) is 25.0 Å². The molecule has 3 N–H and O–H groups in total. The molecule has 1 aliphatic heterocycles. The number of allylic oxidation sites excluding steroid dienone is 1. The van der Waals surface area contributed by atoms with Crippen LogP contribution in [0.5, 0.6) is 0 Å². The van der Waals surface area contributed by atoms with E-state index in [-0.39, 0.29) is 12.0 Å². The molecule has 0 fully saturated rings. The van der Waals surface area contributed by atoms with Gasteiger partial charge in [-0.3, -0.25) is 0 Å². The summed E-state index contributed by atoms with van der Waals surface area (Å²) in [6, 6.07) is 6.72. The number of hydrogen-bond donors (Lipinski definition) is 3. The largest absolute Gasteiger partial charge is 0.463 e. The number of unbranched alkanes of at least 4 members (excludes halogenated alkanes) is 1. The van der Waals surface area contributed by atoms with Gasteiger partial charge in [0.25, 0.3) is 0 Å². The number of ether oxygens (including phenoxy) is 1. The second-order valence-corrected chi connectivity index (χ2v) is 7.09. The highest BCUT2D eigenvalue weighted by atomic mass is 32.1. The summed E-state index contributed by atoms with van der Waals surface area (Å²) in [6.45, 7) is 9.32. The molecule has 0 unspecified atom stereocenters. The van der Waals surface area contributed by atoms with Crippen LogP contribution in [-0.4, -0.2) is 41.7 Å². The molecule has 158 valence electrons. The summed E-state index contributed by atoms with van der Waals surface area (Å²) in [7, 11) is 0. The Morgan fingerprint density at radius 3 is 2.48 bits per heavy atom. The maximum absolute atomic E-state index is 12.6. The van der Waals surface area contributed by atoms with Gasteiger partial charge in [0.2, 0.25) is 0 Å². The van der Waals surface area contributed by atoms with Gasteiger partial charge in [0.05, 0.1) is 18.2 Å². The van der Waals surface area contributed by atoms with Crippen molar-refractivity contribution in [3.05, 3.63) is 41.1 Å². The first-order valence-electron chi connectivity index (χ1n) is 10.0. The number of urea groups is 1. The fourth-order valence-electron chi connectivity index (χ4n) is 3.20. The zero-order chi connectivity index (χ0) is 21.4. The number of nitrogens with one attached hydrogen (secondary N) is 3. The fraction of sp³-hybridized carbons (Fsp3) is 0.476. The second kappa shape index (κ2) is 10.8. The van der Waals surface area contributed by atoms with E-state index in [1.165, 1.54) is 0 Å². The van der Waals surface area contributed by atoms with Crippen molar-refractivity contribution in [2.24, 2.45) is 0 Å². The van der Waals surface area contributed by atoms with Crippen LogP contribution in [0.1, 0.15) is 52.1 Å². The topological polar surface area (TPSA) is 82.7 Å². The summed E-state index contributed by atoms with van der Waals surface area (Å²) in [4.78, 5) is 26.4. The highest BCUT2D eigenvalue weighted by molar-refractivity contribution is 7.80. The van der Waals surface area contributed by atoms with Crippen LogP contribution in [0.15, 0.2) is 35.5 Å². The first-order valence-corrected chi connectivity index (χ1v) is 10.4. The molecule has 1 atom stereocenters. The van der Waals surface area contributed by atoms with Gasteiger partial charge in [0.15, 0.2) is 5.11 Å². The molecule has 0 saturated heterocycles. The molecule has 0 bridgehead atoms. The maximum Gasteiger partial charge on any atom is 0.338 e. The zero-order valence-corrected chi connectivity index (χ0v) is 18.3. The lowest BCUT2D eigenvalue weighted by molar-refractivity contribution is -0.139. The Morgan fingerprint density at radius 2 is 1.90 bits per heavy atom. The summed E-state index contributed by atoms with van der Waals surface area (Å²) < 4.78 is 5.28. The van der Waals surface area contributed by atoms with E-state index in [1.54, 1.807) is 6.92 Å². The standard InChI is InChI=1S/C21H30N4O3S/c1-5-8-13-22-20(27)23-16-11-9-15(10-12-16)18-17(19(26)28-7-3)14(4)25(6-2)21(29)24-18/h9-12,18H,5-8,13H2,1-4H3,(H,24,29)(H2,22,23,27)/t18-/m0/s1. The highest BCUT2D eigenvalue weighted by Gasteiger charge is 2.34. The third-order valence-corrected chi connectivity index (χ3v) is 5.06. The molecule has 1 aromatic carbocycles. The molecule has 0 saturated carbocycles. The lowest BCUT2D eigenvalue weighted by Gasteiger charge is -2.37. The number of benzene rings is 1. The number of nitrogens with zero attached hydrogens (tertiary/aromatic N) is 1. The van der Waals surface area contributed by atoms with Crippen molar-refractivity contribution in [1.29, 1.82) is 0 Å². The Hall–Kier alpha value is -2.61. The SMILES string of the molecule is CCCCNC(=O)Nc1ccc([C@@H]2NC(=S)N(CC)C(C)=C2C(=O)OCC)cc1. The number of rotatable bonds is 8. The number of carbonyl (C=O) groups excluding carboxylic acids is 2. The first-order chi connectivity index (χ1) is 13.9. The third kappa shape index (κ3) is 5.69. The zero-order valence-electron chi connectivity index (χ0n) is 17.5. The molecule has 7 nitrogen and oxygen atoms in total. The van der Waals surface area contributed by atoms with E-state index in [2.05, 4.69) is 22.9 Å². The minimum atomic E-state index is -0.406. The minimum Gasteiger partial charge on any atom is -0.463 e. The van der Waals surface area contributed by atoms with E-state index in [1.807, 2.05) is 43.0 Å². The van der Waals surface area contributed by atoms with Gasteiger partial charge in [-0.05, 0) is 57.1 Å². The van der Waals surface area contributed by atoms with Gasteiger partial charge >= 0.3 is 12.0 Å². The van der Waals surface area contributed by atoms with Gasteiger partial charge < -0.3 is 25.6 Å². The lowest BCUT2D eigenvalue weighted by atomic mass is 9.95. The molecule has 1 aliphatic rings. The Balaban J connectivity index is 2.22. The van der Waals surface area contributed by atoms with E-state index < -0.39 is 6.04 Å². The van der Waals surface area contributed by atoms with E-state index in [9.17, 15) is 9.59 Å². The maximum atomic E-state index is 12.6. The number of amides is 2. The molecule has 1 heterocycles. The summed E-state index contributed by atoms with van der Waals surface area (Å²) in [5.41, 5.74) is 2.87. The number of hydrogen-bond acceptors (Lipinski definition) is 4. The van der Waals surface area contributed by atoms with Crippen LogP contribution >= 0.6 is 12.2 Å². The Kier molecular flexibility index (Phi) is 8.45. The van der Waals surface area contributed by atoms with Gasteiger partial charge in [0.1, 0.15) is 0 Å². The molecule has 1 aromatic rings. The second-order valence-electron chi connectivity index (χ2n) is 6.70. The molecule has 29 heavy (non-hydrogen) atoms. The summed E-state index contributed by atoms with van der Waals surface area (Å²) in [5, 5.41) is 9.44. The van der Waals surface area contributed by atoms with Crippen molar-refractivity contribution in [2.45, 2.75) is 46.6 Å². The van der Waals surface area contributed by atoms with Crippen LogP contribution in [0.25, 0.3) is 0 Å². The van der Waals surface area contributed by atoms with Crippen molar-refractivity contribution >= 4 is 35.0 Å². The van der Waals surface area contributed by atoms with Crippen molar-refractivity contribution in [3.63, 3.8) is 0 Å². The van der Waals surface area contributed by atoms with Crippen LogP contribution in [0, 0.1) is 0 Å². The summed E-state index contributed by atoms with van der Waals surface area (Å²) in [6.07, 6.45) is 1.97. The third-order valence-electron chi connectivity index (χ3n) is 4.73. The predicted molar refractivity (Wildman–Crippen MR) is 119 cm³/mol. The Bertz CT molecular complexity index is 777. The predicted octanol–water partition coefficient (Wildman–Crippen LogP) is 3.70. The van der Waals surface area contributed by atoms with Crippen LogP contribution in [0.3, 0.4) is 0 Å². The minimum absolute atomic E-state index is 0.232. The Labute approximate surface area is 177 Å². The van der Waals surface area contributed by atoms with Crippen LogP contribution in [-0.2, 0) is 9.53 Å². The molecule has 0 spiro atoms. The number of carbonyl (C=O) groups is 2. The molecule has 0 aromatic heterocycles. The van der Waals surface area contributed by atoms with Gasteiger partial charge in [-0.15, -0.1) is 0 Å².